The standard InChI is InChI=1S/C25H22N4O/c1-18-10-12-20(13-11-18)23-14-15-24(29-28-23)27-22-9-5-8-21(16-22)25(30)26-17-19-6-3-2-4-7-19/h2-16H,17H2,1H3,(H,26,30)(H,27,29). The molecule has 0 unspecified atom stereocenters. The summed E-state index contributed by atoms with van der Waals surface area (Å²) in [6.07, 6.45) is 0. The van der Waals surface area contributed by atoms with Gasteiger partial charge in [-0.2, -0.15) is 0 Å². The van der Waals surface area contributed by atoms with Gasteiger partial charge in [-0.05, 0) is 42.8 Å². The van der Waals surface area contributed by atoms with Gasteiger partial charge in [0.25, 0.3) is 5.91 Å². The summed E-state index contributed by atoms with van der Waals surface area (Å²) in [6, 6.07) is 29.1. The number of aromatic nitrogens is 2. The fourth-order valence-electron chi connectivity index (χ4n) is 3.04. The molecule has 0 bridgehead atoms. The Bertz CT molecular complexity index is 1120. The number of hydrogen-bond donors (Lipinski definition) is 2. The molecule has 0 spiro atoms. The third-order valence-corrected chi connectivity index (χ3v) is 4.70. The van der Waals surface area contributed by atoms with Gasteiger partial charge < -0.3 is 10.6 Å². The molecular formula is C25H22N4O. The van der Waals surface area contributed by atoms with Crippen LogP contribution >= 0.6 is 0 Å². The predicted molar refractivity (Wildman–Crippen MR) is 120 cm³/mol. The molecule has 1 amide bonds. The van der Waals surface area contributed by atoms with E-state index < -0.39 is 0 Å². The maximum Gasteiger partial charge on any atom is 0.251 e. The van der Waals surface area contributed by atoms with Crippen molar-refractivity contribution in [3.63, 3.8) is 0 Å². The highest BCUT2D eigenvalue weighted by Crippen LogP contribution is 2.20. The van der Waals surface area contributed by atoms with E-state index in [1.807, 2.05) is 66.7 Å². The molecule has 2 N–H and O–H groups in total. The second kappa shape index (κ2) is 9.01. The van der Waals surface area contributed by atoms with Crippen molar-refractivity contribution in [2.45, 2.75) is 13.5 Å². The Morgan fingerprint density at radius 1 is 0.833 bits per heavy atom. The van der Waals surface area contributed by atoms with Gasteiger partial charge in [0.15, 0.2) is 5.82 Å². The first kappa shape index (κ1) is 19.3. The Morgan fingerprint density at radius 2 is 1.63 bits per heavy atom. The average molecular weight is 394 g/mol. The Hall–Kier alpha value is -3.99. The molecule has 5 heteroatoms. The number of anilines is 2. The van der Waals surface area contributed by atoms with E-state index in [-0.39, 0.29) is 5.91 Å². The highest BCUT2D eigenvalue weighted by Gasteiger charge is 2.07. The third-order valence-electron chi connectivity index (χ3n) is 4.70. The summed E-state index contributed by atoms with van der Waals surface area (Å²) >= 11 is 0. The number of aryl methyl sites for hydroxylation is 1. The van der Waals surface area contributed by atoms with Crippen LogP contribution in [0.2, 0.25) is 0 Å². The predicted octanol–water partition coefficient (Wildman–Crippen LogP) is 5.13. The fraction of sp³-hybridized carbons (Fsp3) is 0.0800. The zero-order valence-corrected chi connectivity index (χ0v) is 16.7. The van der Waals surface area contributed by atoms with Gasteiger partial charge in [-0.1, -0.05) is 66.2 Å². The molecule has 0 aliphatic heterocycles. The van der Waals surface area contributed by atoms with E-state index in [4.69, 9.17) is 0 Å². The topological polar surface area (TPSA) is 66.9 Å². The SMILES string of the molecule is Cc1ccc(-c2ccc(Nc3cccc(C(=O)NCc4ccccc4)c3)nn2)cc1. The van der Waals surface area contributed by atoms with Crippen LogP contribution in [0, 0.1) is 6.92 Å². The summed E-state index contributed by atoms with van der Waals surface area (Å²) < 4.78 is 0. The van der Waals surface area contributed by atoms with Gasteiger partial charge in [0.05, 0.1) is 5.69 Å². The molecule has 5 nitrogen and oxygen atoms in total. The highest BCUT2D eigenvalue weighted by molar-refractivity contribution is 5.95. The summed E-state index contributed by atoms with van der Waals surface area (Å²) in [6.45, 7) is 2.54. The van der Waals surface area contributed by atoms with Crippen LogP contribution < -0.4 is 10.6 Å². The molecule has 3 aromatic carbocycles. The highest BCUT2D eigenvalue weighted by atomic mass is 16.1. The quantitative estimate of drug-likeness (QED) is 0.476. The average Bonchev–Trinajstić information content (AvgIpc) is 2.79. The lowest BCUT2D eigenvalue weighted by Crippen LogP contribution is -2.22. The van der Waals surface area contributed by atoms with Gasteiger partial charge in [-0.25, -0.2) is 0 Å². The Labute approximate surface area is 175 Å². The van der Waals surface area contributed by atoms with E-state index in [0.29, 0.717) is 17.9 Å². The summed E-state index contributed by atoms with van der Waals surface area (Å²) in [7, 11) is 0. The third kappa shape index (κ3) is 4.89. The first-order valence-electron chi connectivity index (χ1n) is 9.77. The van der Waals surface area contributed by atoms with Crippen molar-refractivity contribution in [1.29, 1.82) is 0 Å². The van der Waals surface area contributed by atoms with E-state index in [1.54, 1.807) is 12.1 Å². The van der Waals surface area contributed by atoms with Gasteiger partial charge in [0, 0.05) is 23.4 Å². The van der Waals surface area contributed by atoms with Gasteiger partial charge in [0.2, 0.25) is 0 Å². The Kier molecular flexibility index (Phi) is 5.80. The first-order valence-corrected chi connectivity index (χ1v) is 9.77. The largest absolute Gasteiger partial charge is 0.348 e. The van der Waals surface area contributed by atoms with Crippen LogP contribution in [0.25, 0.3) is 11.3 Å². The molecule has 30 heavy (non-hydrogen) atoms. The van der Waals surface area contributed by atoms with Gasteiger partial charge in [0.1, 0.15) is 0 Å². The lowest BCUT2D eigenvalue weighted by molar-refractivity contribution is 0.0951. The maximum atomic E-state index is 12.5. The zero-order valence-electron chi connectivity index (χ0n) is 16.7. The number of nitrogens with zero attached hydrogens (tertiary/aromatic N) is 2. The fourth-order valence-corrected chi connectivity index (χ4v) is 3.04. The molecule has 1 heterocycles. The minimum atomic E-state index is -0.122. The van der Waals surface area contributed by atoms with Crippen molar-refractivity contribution >= 4 is 17.4 Å². The minimum absolute atomic E-state index is 0.122. The van der Waals surface area contributed by atoms with Crippen molar-refractivity contribution in [2.24, 2.45) is 0 Å². The number of nitrogens with one attached hydrogen (secondary N) is 2. The lowest BCUT2D eigenvalue weighted by atomic mass is 10.1. The number of rotatable bonds is 6. The van der Waals surface area contributed by atoms with E-state index in [1.165, 1.54) is 5.56 Å². The van der Waals surface area contributed by atoms with Gasteiger partial charge >= 0.3 is 0 Å². The van der Waals surface area contributed by atoms with Gasteiger partial charge in [-0.3, -0.25) is 4.79 Å². The smallest absolute Gasteiger partial charge is 0.251 e. The number of amides is 1. The molecule has 4 aromatic rings. The number of carbonyl (C=O) groups excluding carboxylic acids is 1. The van der Waals surface area contributed by atoms with Crippen LogP contribution in [0.1, 0.15) is 21.5 Å². The Morgan fingerprint density at radius 3 is 2.37 bits per heavy atom. The monoisotopic (exact) mass is 394 g/mol. The van der Waals surface area contributed by atoms with Crippen molar-refractivity contribution in [1.82, 2.24) is 15.5 Å². The summed E-state index contributed by atoms with van der Waals surface area (Å²) in [4.78, 5) is 12.5. The summed E-state index contributed by atoms with van der Waals surface area (Å²) in [5, 5.41) is 14.7. The molecule has 0 atom stereocenters. The minimum Gasteiger partial charge on any atom is -0.348 e. The molecule has 0 saturated carbocycles. The summed E-state index contributed by atoms with van der Waals surface area (Å²) in [5.74, 6) is 0.496. The zero-order chi connectivity index (χ0) is 20.8. The molecule has 1 aromatic heterocycles. The second-order valence-corrected chi connectivity index (χ2v) is 7.04. The molecule has 148 valence electrons. The van der Waals surface area contributed by atoms with E-state index in [9.17, 15) is 4.79 Å². The van der Waals surface area contributed by atoms with E-state index in [0.717, 1.165) is 22.5 Å². The molecule has 0 radical (unpaired) electrons. The van der Waals surface area contributed by atoms with E-state index in [2.05, 4.69) is 39.9 Å². The molecule has 0 aliphatic carbocycles. The first-order chi connectivity index (χ1) is 14.7. The Balaban J connectivity index is 1.41. The molecule has 0 aliphatic rings. The summed E-state index contributed by atoms with van der Waals surface area (Å²) in [5.41, 5.74) is 5.47. The molecule has 4 rings (SSSR count). The van der Waals surface area contributed by atoms with Crippen molar-refractivity contribution < 1.29 is 4.79 Å². The van der Waals surface area contributed by atoms with Crippen LogP contribution in [0.15, 0.2) is 91.0 Å². The van der Waals surface area contributed by atoms with Crippen molar-refractivity contribution in [2.75, 3.05) is 5.32 Å². The van der Waals surface area contributed by atoms with Crippen LogP contribution in [0.3, 0.4) is 0 Å². The second-order valence-electron chi connectivity index (χ2n) is 7.04. The molecule has 0 fully saturated rings. The normalized spacial score (nSPS) is 10.4. The molecular weight excluding hydrogens is 372 g/mol. The van der Waals surface area contributed by atoms with Crippen molar-refractivity contribution in [3.05, 3.63) is 108 Å². The lowest BCUT2D eigenvalue weighted by Gasteiger charge is -2.09. The van der Waals surface area contributed by atoms with Crippen LogP contribution in [-0.2, 0) is 6.54 Å². The maximum absolute atomic E-state index is 12.5. The number of benzene rings is 3. The van der Waals surface area contributed by atoms with Crippen LogP contribution in [-0.4, -0.2) is 16.1 Å². The van der Waals surface area contributed by atoms with E-state index >= 15 is 0 Å². The molecule has 0 saturated heterocycles. The van der Waals surface area contributed by atoms with Crippen LogP contribution in [0.5, 0.6) is 0 Å². The van der Waals surface area contributed by atoms with Crippen LogP contribution in [0.4, 0.5) is 11.5 Å². The van der Waals surface area contributed by atoms with Crippen molar-refractivity contribution in [3.8, 4) is 11.3 Å². The number of hydrogen-bond acceptors (Lipinski definition) is 4. The number of carbonyl (C=O) groups is 1. The van der Waals surface area contributed by atoms with Gasteiger partial charge in [-0.15, -0.1) is 10.2 Å².